The lowest BCUT2D eigenvalue weighted by Gasteiger charge is -2.27. The molecule has 2 heterocycles. The normalized spacial score (nSPS) is 19.4. The first-order valence-electron chi connectivity index (χ1n) is 8.78. The number of nitrogens with zero attached hydrogens (tertiary/aromatic N) is 1. The van der Waals surface area contributed by atoms with E-state index in [1.54, 1.807) is 20.8 Å². The molecule has 2 aliphatic rings. The average molecular weight is 388 g/mol. The van der Waals surface area contributed by atoms with Crippen molar-refractivity contribution in [3.63, 3.8) is 0 Å². The van der Waals surface area contributed by atoms with Crippen LogP contribution in [0.3, 0.4) is 0 Å². The van der Waals surface area contributed by atoms with Gasteiger partial charge in [-0.2, -0.15) is 0 Å². The van der Waals surface area contributed by atoms with Crippen LogP contribution in [-0.4, -0.2) is 52.7 Å². The van der Waals surface area contributed by atoms with Crippen molar-refractivity contribution in [3.8, 4) is 5.75 Å². The summed E-state index contributed by atoms with van der Waals surface area (Å²) in [4.78, 5) is 61.7. The summed E-state index contributed by atoms with van der Waals surface area (Å²) in [6, 6.07) is 3.36. The van der Waals surface area contributed by atoms with Gasteiger partial charge in [0.05, 0.1) is 11.1 Å². The van der Waals surface area contributed by atoms with Crippen molar-refractivity contribution in [2.45, 2.75) is 45.3 Å². The molecule has 0 unspecified atom stereocenters. The number of nitrogens with one attached hydrogen (secondary N) is 1. The van der Waals surface area contributed by atoms with Gasteiger partial charge in [-0.3, -0.25) is 29.4 Å². The lowest BCUT2D eigenvalue weighted by molar-refractivity contribution is -0.157. The molecule has 9 heteroatoms. The first-order chi connectivity index (χ1) is 13.1. The Morgan fingerprint density at radius 1 is 1.18 bits per heavy atom. The zero-order valence-electron chi connectivity index (χ0n) is 15.7. The molecule has 0 saturated carbocycles. The number of hydrogen-bond donors (Lipinski definition) is 1. The molecular weight excluding hydrogens is 368 g/mol. The Hall–Kier alpha value is -3.23. The van der Waals surface area contributed by atoms with Crippen LogP contribution in [-0.2, 0) is 19.1 Å². The Balaban J connectivity index is 1.81. The number of imide groups is 2. The van der Waals surface area contributed by atoms with Gasteiger partial charge in [0.25, 0.3) is 11.8 Å². The maximum atomic E-state index is 12.9. The van der Waals surface area contributed by atoms with Crippen LogP contribution in [0.1, 0.15) is 54.3 Å². The quantitative estimate of drug-likeness (QED) is 0.599. The predicted octanol–water partition coefficient (Wildman–Crippen LogP) is 0.808. The Kier molecular flexibility index (Phi) is 4.93. The monoisotopic (exact) mass is 388 g/mol. The van der Waals surface area contributed by atoms with E-state index in [4.69, 9.17) is 9.47 Å². The van der Waals surface area contributed by atoms with E-state index in [1.165, 1.54) is 18.2 Å². The molecule has 9 nitrogen and oxygen atoms in total. The molecule has 0 spiro atoms. The number of carbonyl (C=O) groups excluding carboxylic acids is 5. The Morgan fingerprint density at radius 3 is 2.54 bits per heavy atom. The molecule has 1 aromatic carbocycles. The van der Waals surface area contributed by atoms with Crippen molar-refractivity contribution in [1.29, 1.82) is 0 Å². The van der Waals surface area contributed by atoms with Crippen molar-refractivity contribution >= 4 is 29.6 Å². The van der Waals surface area contributed by atoms with Crippen LogP contribution in [0.5, 0.6) is 5.75 Å². The van der Waals surface area contributed by atoms with E-state index >= 15 is 0 Å². The number of amides is 4. The highest BCUT2D eigenvalue weighted by Crippen LogP contribution is 2.33. The number of esters is 1. The van der Waals surface area contributed by atoms with Crippen LogP contribution in [0, 0.1) is 0 Å². The maximum absolute atomic E-state index is 12.9. The van der Waals surface area contributed by atoms with E-state index in [9.17, 15) is 24.0 Å². The summed E-state index contributed by atoms with van der Waals surface area (Å²) in [5.41, 5.74) is -0.620. The zero-order chi connectivity index (χ0) is 20.6. The molecule has 0 aromatic heterocycles. The fraction of sp³-hybridized carbons (Fsp3) is 0.421. The van der Waals surface area contributed by atoms with Gasteiger partial charge in [-0.05, 0) is 39.3 Å². The molecule has 148 valence electrons. The Labute approximate surface area is 161 Å². The number of ether oxygens (including phenoxy) is 2. The largest absolute Gasteiger partial charge is 0.481 e. The van der Waals surface area contributed by atoms with Gasteiger partial charge in [0.15, 0.2) is 6.61 Å². The van der Waals surface area contributed by atoms with Crippen molar-refractivity contribution in [3.05, 3.63) is 29.3 Å². The number of benzene rings is 1. The second-order valence-electron chi connectivity index (χ2n) is 7.50. The molecule has 1 N–H and O–H groups in total. The first-order valence-corrected chi connectivity index (χ1v) is 8.78. The molecule has 1 fully saturated rings. The SMILES string of the molecule is CC(C)(C)OC(=O)COc1cccc2c1C(=O)N([C@@H]1CCC(=O)NC1=O)C2=O. The van der Waals surface area contributed by atoms with Crippen molar-refractivity contribution in [2.24, 2.45) is 0 Å². The van der Waals surface area contributed by atoms with E-state index in [-0.39, 0.29) is 29.7 Å². The van der Waals surface area contributed by atoms with Gasteiger partial charge < -0.3 is 9.47 Å². The summed E-state index contributed by atoms with van der Waals surface area (Å²) in [6.07, 6.45) is 0.0933. The van der Waals surface area contributed by atoms with Crippen LogP contribution in [0.2, 0.25) is 0 Å². The summed E-state index contributed by atoms with van der Waals surface area (Å²) in [5, 5.41) is 2.13. The van der Waals surface area contributed by atoms with E-state index in [1.807, 2.05) is 0 Å². The second kappa shape index (κ2) is 7.06. The fourth-order valence-corrected chi connectivity index (χ4v) is 3.11. The zero-order valence-corrected chi connectivity index (χ0v) is 15.7. The first kappa shape index (κ1) is 19.5. The van der Waals surface area contributed by atoms with Gasteiger partial charge in [0.1, 0.15) is 17.4 Å². The number of rotatable bonds is 4. The van der Waals surface area contributed by atoms with Gasteiger partial charge in [-0.1, -0.05) is 6.07 Å². The van der Waals surface area contributed by atoms with Gasteiger partial charge >= 0.3 is 5.97 Å². The van der Waals surface area contributed by atoms with Gasteiger partial charge in [-0.15, -0.1) is 0 Å². The van der Waals surface area contributed by atoms with Crippen LogP contribution in [0.25, 0.3) is 0 Å². The average Bonchev–Trinajstić information content (AvgIpc) is 2.84. The number of hydrogen-bond acceptors (Lipinski definition) is 7. The number of piperidine rings is 1. The van der Waals surface area contributed by atoms with Crippen LogP contribution >= 0.6 is 0 Å². The number of fused-ring (bicyclic) bond motifs is 1. The van der Waals surface area contributed by atoms with Crippen LogP contribution < -0.4 is 10.1 Å². The highest BCUT2D eigenvalue weighted by Gasteiger charge is 2.46. The smallest absolute Gasteiger partial charge is 0.344 e. The van der Waals surface area contributed by atoms with Gasteiger partial charge in [-0.25, -0.2) is 4.79 Å². The molecule has 0 radical (unpaired) electrons. The van der Waals surface area contributed by atoms with E-state index in [0.29, 0.717) is 0 Å². The topological polar surface area (TPSA) is 119 Å². The highest BCUT2D eigenvalue weighted by atomic mass is 16.6. The summed E-state index contributed by atoms with van der Waals surface area (Å²) in [7, 11) is 0. The molecular formula is C19H20N2O7. The van der Waals surface area contributed by atoms with Gasteiger partial charge in [0.2, 0.25) is 11.8 Å². The van der Waals surface area contributed by atoms with Crippen molar-refractivity contribution in [1.82, 2.24) is 10.2 Å². The van der Waals surface area contributed by atoms with E-state index in [2.05, 4.69) is 5.32 Å². The summed E-state index contributed by atoms with van der Waals surface area (Å²) >= 11 is 0. The molecule has 1 saturated heterocycles. The van der Waals surface area contributed by atoms with E-state index in [0.717, 1.165) is 4.90 Å². The minimum atomic E-state index is -1.07. The Bertz CT molecular complexity index is 885. The standard InChI is InChI=1S/C19H20N2O7/c1-19(2,3)28-14(23)9-27-12-6-4-5-10-15(12)18(26)21(17(10)25)11-7-8-13(22)20-16(11)24/h4-6,11H,7-9H2,1-3H3,(H,20,22,24)/t11-/m1/s1. The third-order valence-corrected chi connectivity index (χ3v) is 4.20. The minimum Gasteiger partial charge on any atom is -0.481 e. The Morgan fingerprint density at radius 2 is 1.89 bits per heavy atom. The summed E-state index contributed by atoms with van der Waals surface area (Å²) < 4.78 is 10.6. The molecule has 28 heavy (non-hydrogen) atoms. The van der Waals surface area contributed by atoms with Crippen LogP contribution in [0.15, 0.2) is 18.2 Å². The lowest BCUT2D eigenvalue weighted by Crippen LogP contribution is -2.54. The third-order valence-electron chi connectivity index (χ3n) is 4.20. The third kappa shape index (κ3) is 3.73. The molecule has 4 amide bonds. The molecule has 0 bridgehead atoms. The van der Waals surface area contributed by atoms with Crippen molar-refractivity contribution in [2.75, 3.05) is 6.61 Å². The van der Waals surface area contributed by atoms with Crippen LogP contribution in [0.4, 0.5) is 0 Å². The molecule has 1 aromatic rings. The summed E-state index contributed by atoms with van der Waals surface area (Å²) in [6.45, 7) is 4.70. The molecule has 0 aliphatic carbocycles. The fourth-order valence-electron chi connectivity index (χ4n) is 3.11. The van der Waals surface area contributed by atoms with E-state index < -0.39 is 47.8 Å². The van der Waals surface area contributed by atoms with Gasteiger partial charge in [0, 0.05) is 6.42 Å². The maximum Gasteiger partial charge on any atom is 0.344 e. The minimum absolute atomic E-state index is 0.0132. The van der Waals surface area contributed by atoms with Crippen molar-refractivity contribution < 1.29 is 33.4 Å². The molecule has 1 atom stereocenters. The molecule has 2 aliphatic heterocycles. The molecule has 3 rings (SSSR count). The second-order valence-corrected chi connectivity index (χ2v) is 7.50. The number of carbonyl (C=O) groups is 5. The highest BCUT2D eigenvalue weighted by molar-refractivity contribution is 6.24. The lowest BCUT2D eigenvalue weighted by atomic mass is 10.0. The summed E-state index contributed by atoms with van der Waals surface area (Å²) in [5.74, 6) is -3.05. The predicted molar refractivity (Wildman–Crippen MR) is 94.5 cm³/mol.